The maximum Gasteiger partial charge on any atom is 0.326 e. The van der Waals surface area contributed by atoms with Gasteiger partial charge in [-0.25, -0.2) is 4.79 Å². The van der Waals surface area contributed by atoms with Gasteiger partial charge in [0.2, 0.25) is 5.91 Å². The van der Waals surface area contributed by atoms with Gasteiger partial charge in [0.1, 0.15) is 6.04 Å². The number of fused-ring (bicyclic) bond motifs is 1. The molecule has 31 heavy (non-hydrogen) atoms. The lowest BCUT2D eigenvalue weighted by Crippen LogP contribution is -2.40. The highest BCUT2D eigenvalue weighted by Gasteiger charge is 2.33. The van der Waals surface area contributed by atoms with Crippen LogP contribution in [0.1, 0.15) is 78.1 Å². The standard InChI is InChI=1S/C25H42N2O4/c1-17-9-13-22-19(16-17)11-10-18(2)21(22)14-12-20(28)6-5-8-24(29)27-23(25(30)31)7-3-4-15-26/h10-11,16-18,20-23,28H,3-9,12-15,26H2,1-2H3,(H,27,29)(H,30,31)/t17-,18?,20?,21?,22?,23?/m1/s1. The number of allylic oxidation sites excluding steroid dienone is 4. The molecule has 0 bridgehead atoms. The number of unbranched alkanes of at least 4 members (excludes halogenated alkanes) is 1. The van der Waals surface area contributed by atoms with E-state index in [2.05, 4.69) is 37.4 Å². The minimum Gasteiger partial charge on any atom is -0.480 e. The van der Waals surface area contributed by atoms with Crippen LogP contribution in [-0.2, 0) is 9.59 Å². The number of carboxylic acid groups (broad SMARTS) is 1. The van der Waals surface area contributed by atoms with E-state index in [0.717, 1.165) is 19.3 Å². The van der Waals surface area contributed by atoms with Crippen molar-refractivity contribution in [2.45, 2.75) is 90.2 Å². The minimum absolute atomic E-state index is 0.244. The third-order valence-electron chi connectivity index (χ3n) is 6.98. The summed E-state index contributed by atoms with van der Waals surface area (Å²) in [5, 5.41) is 22.3. The monoisotopic (exact) mass is 434 g/mol. The first kappa shape index (κ1) is 25.6. The van der Waals surface area contributed by atoms with Gasteiger partial charge in [-0.15, -0.1) is 0 Å². The summed E-state index contributed by atoms with van der Waals surface area (Å²) in [5.41, 5.74) is 6.92. The molecule has 0 aliphatic heterocycles. The molecule has 0 aromatic carbocycles. The van der Waals surface area contributed by atoms with Crippen LogP contribution < -0.4 is 11.1 Å². The Morgan fingerprint density at radius 3 is 2.65 bits per heavy atom. The molecule has 2 rings (SSSR count). The molecule has 6 heteroatoms. The highest BCUT2D eigenvalue weighted by atomic mass is 16.4. The quantitative estimate of drug-likeness (QED) is 0.329. The summed E-state index contributed by atoms with van der Waals surface area (Å²) < 4.78 is 0. The Morgan fingerprint density at radius 1 is 1.16 bits per heavy atom. The van der Waals surface area contributed by atoms with E-state index >= 15 is 0 Å². The molecule has 1 amide bonds. The van der Waals surface area contributed by atoms with Crippen molar-refractivity contribution in [3.8, 4) is 0 Å². The molecular formula is C25H42N2O4. The summed E-state index contributed by atoms with van der Waals surface area (Å²) in [7, 11) is 0. The van der Waals surface area contributed by atoms with E-state index in [1.54, 1.807) is 0 Å². The fourth-order valence-corrected chi connectivity index (χ4v) is 5.07. The Kier molecular flexibility index (Phi) is 10.7. The van der Waals surface area contributed by atoms with Gasteiger partial charge in [-0.2, -0.15) is 0 Å². The molecular weight excluding hydrogens is 392 g/mol. The van der Waals surface area contributed by atoms with E-state index in [-0.39, 0.29) is 12.3 Å². The number of aliphatic hydroxyl groups is 1. The van der Waals surface area contributed by atoms with E-state index in [0.29, 0.717) is 55.9 Å². The van der Waals surface area contributed by atoms with Gasteiger partial charge >= 0.3 is 5.97 Å². The van der Waals surface area contributed by atoms with E-state index < -0.39 is 18.1 Å². The minimum atomic E-state index is -1.01. The average molecular weight is 435 g/mol. The van der Waals surface area contributed by atoms with Gasteiger partial charge in [0.15, 0.2) is 0 Å². The van der Waals surface area contributed by atoms with Crippen LogP contribution in [0.25, 0.3) is 0 Å². The van der Waals surface area contributed by atoms with Gasteiger partial charge in [-0.3, -0.25) is 4.79 Å². The number of aliphatic carboxylic acids is 1. The Morgan fingerprint density at radius 2 is 1.94 bits per heavy atom. The third-order valence-corrected chi connectivity index (χ3v) is 6.98. The number of carbonyl (C=O) groups is 2. The van der Waals surface area contributed by atoms with Crippen molar-refractivity contribution in [2.24, 2.45) is 29.4 Å². The number of hydrogen-bond acceptors (Lipinski definition) is 4. The molecule has 176 valence electrons. The number of hydrogen-bond donors (Lipinski definition) is 4. The Balaban J connectivity index is 1.70. The zero-order valence-electron chi connectivity index (χ0n) is 19.3. The average Bonchev–Trinajstić information content (AvgIpc) is 2.72. The molecule has 6 nitrogen and oxygen atoms in total. The summed E-state index contributed by atoms with van der Waals surface area (Å²) in [5.74, 6) is 1.10. The van der Waals surface area contributed by atoms with Crippen LogP contribution in [0, 0.1) is 23.7 Å². The first-order valence-electron chi connectivity index (χ1n) is 12.1. The van der Waals surface area contributed by atoms with Crippen molar-refractivity contribution in [1.82, 2.24) is 5.32 Å². The topological polar surface area (TPSA) is 113 Å². The molecule has 5 unspecified atom stereocenters. The molecule has 0 heterocycles. The predicted molar refractivity (Wildman–Crippen MR) is 123 cm³/mol. The summed E-state index contributed by atoms with van der Waals surface area (Å²) in [4.78, 5) is 23.4. The highest BCUT2D eigenvalue weighted by molar-refractivity contribution is 5.83. The summed E-state index contributed by atoms with van der Waals surface area (Å²) >= 11 is 0. The zero-order valence-corrected chi connectivity index (χ0v) is 19.3. The van der Waals surface area contributed by atoms with Crippen molar-refractivity contribution >= 4 is 11.9 Å². The molecule has 5 N–H and O–H groups in total. The normalized spacial score (nSPS) is 27.2. The van der Waals surface area contributed by atoms with Crippen LogP contribution in [0.2, 0.25) is 0 Å². The number of aliphatic hydroxyl groups excluding tert-OH is 1. The first-order valence-corrected chi connectivity index (χ1v) is 12.1. The van der Waals surface area contributed by atoms with Gasteiger partial charge < -0.3 is 21.3 Å². The SMILES string of the molecule is CC1C=CC2=C[C@H](C)CCC2C1CCC(O)CCCC(=O)NC(CCCCN)C(=O)O. The molecule has 0 spiro atoms. The summed E-state index contributed by atoms with van der Waals surface area (Å²) in [6, 6.07) is -0.856. The maximum absolute atomic E-state index is 12.1. The van der Waals surface area contributed by atoms with Crippen molar-refractivity contribution in [3.63, 3.8) is 0 Å². The van der Waals surface area contributed by atoms with Crippen molar-refractivity contribution in [2.75, 3.05) is 6.54 Å². The number of carboxylic acids is 1. The lowest BCUT2D eigenvalue weighted by Gasteiger charge is -2.38. The second kappa shape index (κ2) is 13.0. The first-order chi connectivity index (χ1) is 14.8. The number of nitrogens with two attached hydrogens (primary N) is 1. The zero-order chi connectivity index (χ0) is 22.8. The van der Waals surface area contributed by atoms with Crippen LogP contribution in [-0.4, -0.2) is 40.8 Å². The molecule has 0 fully saturated rings. The van der Waals surface area contributed by atoms with Gasteiger partial charge in [-0.1, -0.05) is 32.1 Å². The van der Waals surface area contributed by atoms with Crippen molar-refractivity contribution < 1.29 is 19.8 Å². The van der Waals surface area contributed by atoms with E-state index in [1.807, 2.05) is 0 Å². The van der Waals surface area contributed by atoms with Gasteiger partial charge in [0.25, 0.3) is 0 Å². The van der Waals surface area contributed by atoms with Crippen molar-refractivity contribution in [3.05, 3.63) is 23.8 Å². The second-order valence-electron chi connectivity index (χ2n) is 9.58. The number of amides is 1. The van der Waals surface area contributed by atoms with Crippen LogP contribution in [0.4, 0.5) is 0 Å². The maximum atomic E-state index is 12.1. The summed E-state index contributed by atoms with van der Waals surface area (Å²) in [6.45, 7) is 5.08. The molecule has 6 atom stereocenters. The second-order valence-corrected chi connectivity index (χ2v) is 9.58. The Hall–Kier alpha value is -1.66. The molecule has 0 radical (unpaired) electrons. The largest absolute Gasteiger partial charge is 0.480 e. The van der Waals surface area contributed by atoms with Gasteiger partial charge in [-0.05, 0) is 93.6 Å². The molecule has 0 saturated heterocycles. The molecule has 0 saturated carbocycles. The fraction of sp³-hybridized carbons (Fsp3) is 0.760. The number of rotatable bonds is 13. The fourth-order valence-electron chi connectivity index (χ4n) is 5.07. The van der Waals surface area contributed by atoms with Crippen LogP contribution in [0.15, 0.2) is 23.8 Å². The molecule has 0 aromatic rings. The Labute approximate surface area is 187 Å². The van der Waals surface area contributed by atoms with Crippen LogP contribution in [0.3, 0.4) is 0 Å². The molecule has 0 aromatic heterocycles. The van der Waals surface area contributed by atoms with Crippen LogP contribution >= 0.6 is 0 Å². The van der Waals surface area contributed by atoms with Gasteiger partial charge in [0, 0.05) is 6.42 Å². The smallest absolute Gasteiger partial charge is 0.326 e. The highest BCUT2D eigenvalue weighted by Crippen LogP contribution is 2.43. The molecule has 2 aliphatic rings. The van der Waals surface area contributed by atoms with Crippen LogP contribution in [0.5, 0.6) is 0 Å². The number of nitrogens with one attached hydrogen (secondary N) is 1. The van der Waals surface area contributed by atoms with E-state index in [9.17, 15) is 19.8 Å². The van der Waals surface area contributed by atoms with E-state index in [4.69, 9.17) is 5.73 Å². The lowest BCUT2D eigenvalue weighted by molar-refractivity contribution is -0.142. The number of carbonyl (C=O) groups excluding carboxylic acids is 1. The molecule has 2 aliphatic carbocycles. The predicted octanol–water partition coefficient (Wildman–Crippen LogP) is 3.79. The van der Waals surface area contributed by atoms with Gasteiger partial charge in [0.05, 0.1) is 6.10 Å². The lowest BCUT2D eigenvalue weighted by atomic mass is 9.66. The van der Waals surface area contributed by atoms with E-state index in [1.165, 1.54) is 18.4 Å². The van der Waals surface area contributed by atoms with Crippen molar-refractivity contribution in [1.29, 1.82) is 0 Å². The third kappa shape index (κ3) is 8.41. The Bertz CT molecular complexity index is 645. The summed E-state index contributed by atoms with van der Waals surface area (Å²) in [6.07, 6.45) is 14.0.